The third-order valence-corrected chi connectivity index (χ3v) is 3.28. The first kappa shape index (κ1) is 6.62. The Morgan fingerprint density at radius 2 is 1.80 bits per heavy atom. The maximum Gasteiger partial charge on any atom is 0.136 e. The summed E-state index contributed by atoms with van der Waals surface area (Å²) in [6, 6.07) is 0.980. The van der Waals surface area contributed by atoms with Crippen molar-refractivity contribution in [3.8, 4) is 0 Å². The minimum Gasteiger partial charge on any atom is -0.310 e. The molecule has 1 spiro atoms. The summed E-state index contributed by atoms with van der Waals surface area (Å²) in [5.41, 5.74) is 0. The average Bonchev–Trinajstić information content (AvgIpc) is 2.53. The second-order valence-electron chi connectivity index (χ2n) is 4.00. The van der Waals surface area contributed by atoms with Crippen LogP contribution in [0.4, 0.5) is 0 Å². The molecule has 58 valence electrons. The first-order chi connectivity index (χ1) is 4.73. The minimum absolute atomic E-state index is 0.980. The van der Waals surface area contributed by atoms with Crippen LogP contribution in [0.1, 0.15) is 6.92 Å². The summed E-state index contributed by atoms with van der Waals surface area (Å²) in [6.45, 7) is 9.25. The highest BCUT2D eigenvalue weighted by atomic mass is 15.5. The standard InChI is InChI=1S/C8H17N2/c1-8-7-10(8)5-3-9(2)4-6-10/h8H,3-7H2,1-2H3/q+1. The van der Waals surface area contributed by atoms with Crippen LogP contribution in [0.15, 0.2) is 0 Å². The van der Waals surface area contributed by atoms with Crippen molar-refractivity contribution in [3.63, 3.8) is 0 Å². The zero-order valence-corrected chi connectivity index (χ0v) is 7.01. The van der Waals surface area contributed by atoms with Crippen molar-refractivity contribution in [2.45, 2.75) is 13.0 Å². The number of piperazine rings is 1. The van der Waals surface area contributed by atoms with E-state index < -0.39 is 0 Å². The van der Waals surface area contributed by atoms with Gasteiger partial charge in [0.25, 0.3) is 0 Å². The van der Waals surface area contributed by atoms with Gasteiger partial charge in [-0.2, -0.15) is 0 Å². The quantitative estimate of drug-likeness (QED) is 0.343. The van der Waals surface area contributed by atoms with Gasteiger partial charge in [0.2, 0.25) is 0 Å². The van der Waals surface area contributed by atoms with E-state index in [2.05, 4.69) is 18.9 Å². The molecule has 0 aromatic carbocycles. The highest BCUT2D eigenvalue weighted by molar-refractivity contribution is 4.74. The number of hydrogen-bond donors (Lipinski definition) is 0. The summed E-state index contributed by atoms with van der Waals surface area (Å²) in [4.78, 5) is 2.44. The third-order valence-electron chi connectivity index (χ3n) is 3.28. The molecule has 2 rings (SSSR count). The van der Waals surface area contributed by atoms with Crippen LogP contribution in [-0.2, 0) is 0 Å². The van der Waals surface area contributed by atoms with Gasteiger partial charge in [0.1, 0.15) is 12.6 Å². The van der Waals surface area contributed by atoms with E-state index in [0.717, 1.165) is 6.04 Å². The van der Waals surface area contributed by atoms with E-state index in [1.54, 1.807) is 0 Å². The Kier molecular flexibility index (Phi) is 1.29. The van der Waals surface area contributed by atoms with Crippen LogP contribution >= 0.6 is 0 Å². The fourth-order valence-electron chi connectivity index (χ4n) is 2.07. The molecular weight excluding hydrogens is 124 g/mol. The van der Waals surface area contributed by atoms with E-state index in [9.17, 15) is 0 Å². The van der Waals surface area contributed by atoms with Crippen LogP contribution in [0, 0.1) is 0 Å². The Morgan fingerprint density at radius 3 is 2.20 bits per heavy atom. The van der Waals surface area contributed by atoms with Crippen LogP contribution in [0.25, 0.3) is 0 Å². The van der Waals surface area contributed by atoms with E-state index in [1.165, 1.54) is 37.2 Å². The first-order valence-corrected chi connectivity index (χ1v) is 4.27. The molecule has 0 saturated carbocycles. The Labute approximate surface area is 63.0 Å². The molecule has 2 aliphatic heterocycles. The molecule has 1 atom stereocenters. The van der Waals surface area contributed by atoms with Gasteiger partial charge in [0.15, 0.2) is 0 Å². The maximum atomic E-state index is 2.44. The molecular formula is C8H17N2+. The summed E-state index contributed by atoms with van der Waals surface area (Å²) in [5, 5.41) is 0. The number of quaternary nitrogens is 1. The van der Waals surface area contributed by atoms with Gasteiger partial charge in [-0.15, -0.1) is 0 Å². The predicted octanol–water partition coefficient (Wildman–Crippen LogP) is 0.151. The molecule has 1 unspecified atom stereocenters. The molecule has 0 amide bonds. The van der Waals surface area contributed by atoms with Crippen LogP contribution in [0.5, 0.6) is 0 Å². The smallest absolute Gasteiger partial charge is 0.136 e. The SMILES string of the molecule is CC1C[N+]12CCN(C)CC2. The molecule has 2 fully saturated rings. The largest absolute Gasteiger partial charge is 0.310 e. The van der Waals surface area contributed by atoms with E-state index in [4.69, 9.17) is 0 Å². The van der Waals surface area contributed by atoms with Crippen molar-refractivity contribution in [1.82, 2.24) is 4.90 Å². The number of nitrogens with zero attached hydrogens (tertiary/aromatic N) is 2. The summed E-state index contributed by atoms with van der Waals surface area (Å²) in [7, 11) is 2.23. The van der Waals surface area contributed by atoms with Gasteiger partial charge in [0, 0.05) is 13.1 Å². The molecule has 0 aromatic heterocycles. The molecule has 0 bridgehead atoms. The van der Waals surface area contributed by atoms with E-state index >= 15 is 0 Å². The second-order valence-corrected chi connectivity index (χ2v) is 4.00. The normalized spacial score (nSPS) is 38.4. The molecule has 10 heavy (non-hydrogen) atoms. The molecule has 2 heteroatoms. The van der Waals surface area contributed by atoms with Gasteiger partial charge >= 0.3 is 0 Å². The first-order valence-electron chi connectivity index (χ1n) is 4.27. The van der Waals surface area contributed by atoms with E-state index in [1.807, 2.05) is 0 Å². The van der Waals surface area contributed by atoms with Crippen molar-refractivity contribution in [2.24, 2.45) is 0 Å². The summed E-state index contributed by atoms with van der Waals surface area (Å²) >= 11 is 0. The third kappa shape index (κ3) is 0.867. The van der Waals surface area contributed by atoms with Crippen molar-refractivity contribution in [3.05, 3.63) is 0 Å². The zero-order chi connectivity index (χ0) is 7.19. The Balaban J connectivity index is 1.93. The van der Waals surface area contributed by atoms with Gasteiger partial charge in [-0.3, -0.25) is 4.90 Å². The topological polar surface area (TPSA) is 3.24 Å². The summed E-state index contributed by atoms with van der Waals surface area (Å²) in [5.74, 6) is 0. The van der Waals surface area contributed by atoms with Gasteiger partial charge in [-0.25, -0.2) is 0 Å². The molecule has 0 aromatic rings. The van der Waals surface area contributed by atoms with Crippen LogP contribution < -0.4 is 0 Å². The minimum atomic E-state index is 0.980. The Hall–Kier alpha value is -0.0800. The summed E-state index contributed by atoms with van der Waals surface area (Å²) < 4.78 is 1.43. The Bertz CT molecular complexity index is 136. The van der Waals surface area contributed by atoms with Crippen molar-refractivity contribution in [2.75, 3.05) is 39.8 Å². The Morgan fingerprint density at radius 1 is 1.30 bits per heavy atom. The fourth-order valence-corrected chi connectivity index (χ4v) is 2.07. The lowest BCUT2D eigenvalue weighted by atomic mass is 10.3. The zero-order valence-electron chi connectivity index (χ0n) is 7.01. The van der Waals surface area contributed by atoms with Crippen LogP contribution in [0.2, 0.25) is 0 Å². The maximum absolute atomic E-state index is 2.44. The molecule has 2 saturated heterocycles. The summed E-state index contributed by atoms with van der Waals surface area (Å²) in [6.07, 6.45) is 0. The van der Waals surface area contributed by atoms with Crippen molar-refractivity contribution >= 4 is 0 Å². The lowest BCUT2D eigenvalue weighted by Gasteiger charge is -2.30. The average molecular weight is 141 g/mol. The van der Waals surface area contributed by atoms with Crippen LogP contribution in [-0.4, -0.2) is 55.2 Å². The lowest BCUT2D eigenvalue weighted by Crippen LogP contribution is -2.47. The number of hydrogen-bond acceptors (Lipinski definition) is 1. The lowest BCUT2D eigenvalue weighted by molar-refractivity contribution is -0.818. The molecule has 0 aliphatic carbocycles. The molecule has 0 N–H and O–H groups in total. The predicted molar refractivity (Wildman–Crippen MR) is 41.8 cm³/mol. The molecule has 2 aliphatic rings. The van der Waals surface area contributed by atoms with E-state index in [-0.39, 0.29) is 0 Å². The number of likely N-dealkylation sites (N-methyl/N-ethyl adjacent to an activating group) is 1. The van der Waals surface area contributed by atoms with Gasteiger partial charge in [0.05, 0.1) is 13.1 Å². The molecule has 2 heterocycles. The van der Waals surface area contributed by atoms with Gasteiger partial charge in [-0.05, 0) is 14.0 Å². The molecule has 0 radical (unpaired) electrons. The van der Waals surface area contributed by atoms with E-state index in [0.29, 0.717) is 0 Å². The van der Waals surface area contributed by atoms with Crippen molar-refractivity contribution in [1.29, 1.82) is 0 Å². The van der Waals surface area contributed by atoms with Gasteiger partial charge < -0.3 is 4.48 Å². The second kappa shape index (κ2) is 1.95. The van der Waals surface area contributed by atoms with Crippen LogP contribution in [0.3, 0.4) is 0 Å². The highest BCUT2D eigenvalue weighted by Gasteiger charge is 2.52. The van der Waals surface area contributed by atoms with Crippen molar-refractivity contribution < 1.29 is 4.48 Å². The monoisotopic (exact) mass is 141 g/mol. The highest BCUT2D eigenvalue weighted by Crippen LogP contribution is 2.31. The van der Waals surface area contributed by atoms with Gasteiger partial charge in [-0.1, -0.05) is 0 Å². The number of rotatable bonds is 0. The molecule has 2 nitrogen and oxygen atoms in total. The fraction of sp³-hybridized carbons (Fsp3) is 1.00.